The van der Waals surface area contributed by atoms with Crippen molar-refractivity contribution >= 4 is 0 Å². The van der Waals surface area contributed by atoms with Crippen LogP contribution in [0.1, 0.15) is 78.1 Å². The van der Waals surface area contributed by atoms with Crippen LogP contribution < -0.4 is 0 Å². The molecule has 0 saturated heterocycles. The minimum Gasteiger partial charge on any atom is -0.378 e. The van der Waals surface area contributed by atoms with Crippen molar-refractivity contribution in [3.05, 3.63) is 6.92 Å². The third-order valence-corrected chi connectivity index (χ3v) is 3.09. The largest absolute Gasteiger partial charge is 0.378 e. The second-order valence-corrected chi connectivity index (χ2v) is 4.69. The van der Waals surface area contributed by atoms with Gasteiger partial charge in [-0.2, -0.15) is 0 Å². The molecule has 0 rings (SSSR count). The van der Waals surface area contributed by atoms with E-state index in [0.717, 1.165) is 0 Å². The van der Waals surface area contributed by atoms with E-state index in [4.69, 9.17) is 4.74 Å². The fraction of sp³-hybridized carbons (Fsp3) is 0.933. The Balaban J connectivity index is 3.25. The Morgan fingerprint density at radius 3 is 2.00 bits per heavy atom. The number of rotatable bonds is 12. The van der Waals surface area contributed by atoms with Gasteiger partial charge >= 0.3 is 0 Å². The lowest BCUT2D eigenvalue weighted by Crippen LogP contribution is -2.12. The van der Waals surface area contributed by atoms with E-state index >= 15 is 0 Å². The van der Waals surface area contributed by atoms with Gasteiger partial charge in [0.25, 0.3) is 0 Å². The second kappa shape index (κ2) is 13.0. The van der Waals surface area contributed by atoms with Crippen molar-refractivity contribution in [2.24, 2.45) is 0 Å². The predicted octanol–water partition coefficient (Wildman–Crippen LogP) is 5.15. The smallest absolute Gasteiger partial charge is 0.0575 e. The highest BCUT2D eigenvalue weighted by molar-refractivity contribution is 4.58. The molecule has 0 aromatic carbocycles. The lowest BCUT2D eigenvalue weighted by molar-refractivity contribution is 0.0578. The highest BCUT2D eigenvalue weighted by atomic mass is 16.5. The molecule has 0 aliphatic heterocycles. The zero-order valence-corrected chi connectivity index (χ0v) is 11.5. The molecule has 0 bridgehead atoms. The van der Waals surface area contributed by atoms with Crippen LogP contribution in [-0.2, 0) is 4.74 Å². The van der Waals surface area contributed by atoms with E-state index in [9.17, 15) is 0 Å². The summed E-state index contributed by atoms with van der Waals surface area (Å²) in [5.74, 6) is 0. The lowest BCUT2D eigenvalue weighted by Gasteiger charge is -2.15. The third-order valence-electron chi connectivity index (χ3n) is 3.09. The van der Waals surface area contributed by atoms with E-state index in [1.807, 2.05) is 0 Å². The summed E-state index contributed by atoms with van der Waals surface area (Å²) >= 11 is 0. The average molecular weight is 227 g/mol. The molecule has 0 aliphatic carbocycles. The van der Waals surface area contributed by atoms with Crippen molar-refractivity contribution in [1.82, 2.24) is 0 Å². The minimum absolute atomic E-state index is 0.471. The summed E-state index contributed by atoms with van der Waals surface area (Å²) < 4.78 is 5.62. The van der Waals surface area contributed by atoms with Crippen LogP contribution >= 0.6 is 0 Å². The van der Waals surface area contributed by atoms with Gasteiger partial charge in [0.15, 0.2) is 0 Å². The quantitative estimate of drug-likeness (QED) is 0.419. The Morgan fingerprint density at radius 1 is 0.812 bits per heavy atom. The highest BCUT2D eigenvalue weighted by Crippen LogP contribution is 2.14. The number of unbranched alkanes of at least 4 members (excludes halogenated alkanes) is 6. The van der Waals surface area contributed by atoms with Gasteiger partial charge in [-0.3, -0.25) is 0 Å². The number of hydrogen-bond acceptors (Lipinski definition) is 1. The molecule has 97 valence electrons. The van der Waals surface area contributed by atoms with Crippen LogP contribution in [0.25, 0.3) is 0 Å². The molecule has 0 saturated carbocycles. The highest BCUT2D eigenvalue weighted by Gasteiger charge is 2.06. The predicted molar refractivity (Wildman–Crippen MR) is 72.6 cm³/mol. The van der Waals surface area contributed by atoms with Crippen LogP contribution in [-0.4, -0.2) is 12.7 Å². The van der Waals surface area contributed by atoms with Gasteiger partial charge < -0.3 is 4.74 Å². The van der Waals surface area contributed by atoms with Crippen molar-refractivity contribution in [3.8, 4) is 0 Å². The van der Waals surface area contributed by atoms with E-state index in [-0.39, 0.29) is 0 Å². The topological polar surface area (TPSA) is 9.23 Å². The Labute approximate surface area is 103 Å². The summed E-state index contributed by atoms with van der Waals surface area (Å²) in [5.41, 5.74) is 0. The monoisotopic (exact) mass is 227 g/mol. The summed E-state index contributed by atoms with van der Waals surface area (Å²) in [6.07, 6.45) is 13.8. The minimum atomic E-state index is 0.471. The van der Waals surface area contributed by atoms with Gasteiger partial charge in [0.05, 0.1) is 6.10 Å². The van der Waals surface area contributed by atoms with Crippen molar-refractivity contribution in [2.45, 2.75) is 84.2 Å². The Kier molecular flexibility index (Phi) is 13.0. The Morgan fingerprint density at radius 2 is 1.44 bits per heavy atom. The first-order valence-corrected chi connectivity index (χ1v) is 7.26. The second-order valence-electron chi connectivity index (χ2n) is 4.69. The van der Waals surface area contributed by atoms with Crippen LogP contribution in [0.3, 0.4) is 0 Å². The molecule has 1 atom stereocenters. The molecule has 1 heteroatoms. The van der Waals surface area contributed by atoms with E-state index < -0.39 is 0 Å². The van der Waals surface area contributed by atoms with Crippen molar-refractivity contribution in [2.75, 3.05) is 6.61 Å². The first kappa shape index (κ1) is 16.0. The zero-order valence-electron chi connectivity index (χ0n) is 11.5. The molecule has 0 aromatic heterocycles. The molecule has 0 N–H and O–H groups in total. The van der Waals surface area contributed by atoms with Crippen LogP contribution in [0.5, 0.6) is 0 Å². The molecule has 1 radical (unpaired) electrons. The van der Waals surface area contributed by atoms with Gasteiger partial charge in [0.2, 0.25) is 0 Å². The Bertz CT molecular complexity index is 117. The molecule has 0 aliphatic rings. The van der Waals surface area contributed by atoms with Crippen molar-refractivity contribution in [1.29, 1.82) is 0 Å². The van der Waals surface area contributed by atoms with Crippen LogP contribution in [0.4, 0.5) is 0 Å². The normalized spacial score (nSPS) is 12.9. The maximum absolute atomic E-state index is 5.62. The van der Waals surface area contributed by atoms with E-state index in [2.05, 4.69) is 20.8 Å². The molecular weight excluding hydrogens is 196 g/mol. The van der Waals surface area contributed by atoms with Gasteiger partial charge in [-0.25, -0.2) is 0 Å². The zero-order chi connectivity index (χ0) is 12.1. The summed E-state index contributed by atoms with van der Waals surface area (Å²) in [4.78, 5) is 0. The van der Waals surface area contributed by atoms with Crippen molar-refractivity contribution < 1.29 is 4.74 Å². The summed E-state index contributed by atoms with van der Waals surface area (Å²) in [6.45, 7) is 8.89. The molecule has 0 amide bonds. The van der Waals surface area contributed by atoms with Gasteiger partial charge in [0, 0.05) is 6.61 Å². The molecule has 0 aromatic rings. The lowest BCUT2D eigenvalue weighted by atomic mass is 10.0. The van der Waals surface area contributed by atoms with Crippen molar-refractivity contribution in [3.63, 3.8) is 0 Å². The molecule has 0 spiro atoms. The fourth-order valence-corrected chi connectivity index (χ4v) is 2.13. The summed E-state index contributed by atoms with van der Waals surface area (Å²) in [7, 11) is 0. The van der Waals surface area contributed by atoms with Gasteiger partial charge in [-0.1, -0.05) is 65.2 Å². The van der Waals surface area contributed by atoms with E-state index in [0.29, 0.717) is 12.7 Å². The van der Waals surface area contributed by atoms with Gasteiger partial charge in [-0.05, 0) is 19.8 Å². The molecular formula is C15H31O. The third kappa shape index (κ3) is 10.5. The Hall–Kier alpha value is -0.0400. The first-order chi connectivity index (χ1) is 7.85. The van der Waals surface area contributed by atoms with E-state index in [1.165, 1.54) is 64.2 Å². The van der Waals surface area contributed by atoms with Crippen LogP contribution in [0.2, 0.25) is 0 Å². The molecule has 1 nitrogen and oxygen atoms in total. The molecule has 16 heavy (non-hydrogen) atoms. The average Bonchev–Trinajstić information content (AvgIpc) is 2.28. The maximum atomic E-state index is 5.62. The fourth-order valence-electron chi connectivity index (χ4n) is 2.13. The van der Waals surface area contributed by atoms with Crippen LogP contribution in [0, 0.1) is 6.92 Å². The summed E-state index contributed by atoms with van der Waals surface area (Å²) in [6, 6.07) is 0. The first-order valence-electron chi connectivity index (χ1n) is 7.26. The van der Waals surface area contributed by atoms with Gasteiger partial charge in [0.1, 0.15) is 0 Å². The molecule has 0 fully saturated rings. The SMILES string of the molecule is [CH2]COC(CCC)CCCCCCCCC. The maximum Gasteiger partial charge on any atom is 0.0575 e. The molecule has 1 unspecified atom stereocenters. The van der Waals surface area contributed by atoms with Gasteiger partial charge in [-0.15, -0.1) is 0 Å². The molecule has 0 heterocycles. The standard InChI is InChI=1S/C15H31O/c1-4-7-8-9-10-11-12-14-15(13-5-2)16-6-3/h15H,3-14H2,1-2H3. The number of hydrogen-bond donors (Lipinski definition) is 0. The number of ether oxygens (including phenoxy) is 1. The summed E-state index contributed by atoms with van der Waals surface area (Å²) in [5, 5.41) is 0. The van der Waals surface area contributed by atoms with Crippen LogP contribution in [0.15, 0.2) is 0 Å². The van der Waals surface area contributed by atoms with E-state index in [1.54, 1.807) is 0 Å².